The maximum Gasteiger partial charge on any atom is 0.251 e. The number of phenolic OH excluding ortho intramolecular Hbond substituents is 1. The molecule has 1 amide bonds. The van der Waals surface area contributed by atoms with Crippen LogP contribution in [0.25, 0.3) is 0 Å². The number of aromatic nitrogens is 1. The van der Waals surface area contributed by atoms with E-state index in [1.807, 2.05) is 18.2 Å². The molecule has 0 saturated heterocycles. The first-order chi connectivity index (χ1) is 8.66. The predicted molar refractivity (Wildman–Crippen MR) is 68.5 cm³/mol. The van der Waals surface area contributed by atoms with Crippen molar-refractivity contribution in [2.45, 2.75) is 6.54 Å². The average Bonchev–Trinajstić information content (AvgIpc) is 2.40. The number of carbonyl (C=O) groups is 1. The quantitative estimate of drug-likeness (QED) is 0.893. The summed E-state index contributed by atoms with van der Waals surface area (Å²) in [5.74, 6) is -0.305. The van der Waals surface area contributed by atoms with Gasteiger partial charge in [0.1, 0.15) is 5.75 Å². The zero-order chi connectivity index (χ0) is 13.0. The Morgan fingerprint density at radius 2 is 2.17 bits per heavy atom. The van der Waals surface area contributed by atoms with Gasteiger partial charge in [-0.15, -0.1) is 0 Å². The SMILES string of the molecule is O=C(NCc1ccccn1)c1ccc(O)c(Cl)c1. The number of hydrogen-bond donors (Lipinski definition) is 2. The smallest absolute Gasteiger partial charge is 0.251 e. The Hall–Kier alpha value is -2.07. The third-order valence-electron chi connectivity index (χ3n) is 2.37. The normalized spacial score (nSPS) is 10.1. The molecule has 0 spiro atoms. The van der Waals surface area contributed by atoms with E-state index in [4.69, 9.17) is 11.6 Å². The molecule has 18 heavy (non-hydrogen) atoms. The van der Waals surface area contributed by atoms with E-state index in [1.165, 1.54) is 18.2 Å². The number of phenols is 1. The number of nitrogens with zero attached hydrogens (tertiary/aromatic N) is 1. The molecule has 1 aromatic carbocycles. The highest BCUT2D eigenvalue weighted by atomic mass is 35.5. The molecule has 92 valence electrons. The molecular weight excluding hydrogens is 252 g/mol. The van der Waals surface area contributed by atoms with E-state index in [9.17, 15) is 9.90 Å². The van der Waals surface area contributed by atoms with E-state index >= 15 is 0 Å². The third-order valence-corrected chi connectivity index (χ3v) is 2.67. The van der Waals surface area contributed by atoms with Crippen LogP contribution in [0.5, 0.6) is 5.75 Å². The van der Waals surface area contributed by atoms with Gasteiger partial charge in [-0.3, -0.25) is 9.78 Å². The summed E-state index contributed by atoms with van der Waals surface area (Å²) in [5.41, 5.74) is 1.17. The number of hydrogen-bond acceptors (Lipinski definition) is 3. The second-order valence-corrected chi connectivity index (χ2v) is 4.08. The molecule has 0 aliphatic carbocycles. The van der Waals surface area contributed by atoms with Crippen LogP contribution >= 0.6 is 11.6 Å². The summed E-state index contributed by atoms with van der Waals surface area (Å²) in [6, 6.07) is 9.80. The largest absolute Gasteiger partial charge is 0.506 e. The Bertz CT molecular complexity index is 558. The molecule has 0 fully saturated rings. The van der Waals surface area contributed by atoms with Crippen molar-refractivity contribution >= 4 is 17.5 Å². The lowest BCUT2D eigenvalue weighted by Crippen LogP contribution is -2.23. The summed E-state index contributed by atoms with van der Waals surface area (Å²) in [6.07, 6.45) is 1.67. The molecule has 2 N–H and O–H groups in total. The summed E-state index contributed by atoms with van der Waals surface area (Å²) in [4.78, 5) is 15.9. The van der Waals surface area contributed by atoms with Crippen LogP contribution in [0, 0.1) is 0 Å². The van der Waals surface area contributed by atoms with Gasteiger partial charge in [0.05, 0.1) is 17.3 Å². The van der Waals surface area contributed by atoms with Crippen molar-refractivity contribution < 1.29 is 9.90 Å². The van der Waals surface area contributed by atoms with Crippen LogP contribution in [-0.4, -0.2) is 16.0 Å². The van der Waals surface area contributed by atoms with E-state index in [0.717, 1.165) is 5.69 Å². The van der Waals surface area contributed by atoms with Gasteiger partial charge in [0.25, 0.3) is 5.91 Å². The minimum absolute atomic E-state index is 0.0436. The van der Waals surface area contributed by atoms with E-state index in [2.05, 4.69) is 10.3 Å². The van der Waals surface area contributed by atoms with Crippen molar-refractivity contribution in [3.8, 4) is 5.75 Å². The molecule has 2 aromatic rings. The second kappa shape index (κ2) is 5.51. The fourth-order valence-corrected chi connectivity index (χ4v) is 1.60. The van der Waals surface area contributed by atoms with Gasteiger partial charge < -0.3 is 10.4 Å². The van der Waals surface area contributed by atoms with Gasteiger partial charge in [0, 0.05) is 11.8 Å². The first kappa shape index (κ1) is 12.4. The highest BCUT2D eigenvalue weighted by molar-refractivity contribution is 6.32. The summed E-state index contributed by atoms with van der Waals surface area (Å²) >= 11 is 5.73. The molecule has 2 rings (SSSR count). The van der Waals surface area contributed by atoms with Gasteiger partial charge >= 0.3 is 0 Å². The number of pyridine rings is 1. The standard InChI is InChI=1S/C13H11ClN2O2/c14-11-7-9(4-5-12(11)17)13(18)16-8-10-3-1-2-6-15-10/h1-7,17H,8H2,(H,16,18). The van der Waals surface area contributed by atoms with E-state index in [0.29, 0.717) is 12.1 Å². The summed E-state index contributed by atoms with van der Waals surface area (Å²) < 4.78 is 0. The Kier molecular flexibility index (Phi) is 3.79. The van der Waals surface area contributed by atoms with Crippen LogP contribution in [-0.2, 0) is 6.54 Å². The number of carbonyl (C=O) groups excluding carboxylic acids is 1. The lowest BCUT2D eigenvalue weighted by Gasteiger charge is -2.05. The molecule has 0 bridgehead atoms. The van der Waals surface area contributed by atoms with Crippen molar-refractivity contribution in [3.05, 3.63) is 58.9 Å². The summed E-state index contributed by atoms with van der Waals surface area (Å²) in [6.45, 7) is 0.345. The molecule has 4 nitrogen and oxygen atoms in total. The number of halogens is 1. The van der Waals surface area contributed by atoms with Crippen LogP contribution < -0.4 is 5.32 Å². The van der Waals surface area contributed by atoms with E-state index in [-0.39, 0.29) is 16.7 Å². The van der Waals surface area contributed by atoms with Crippen molar-refractivity contribution in [2.24, 2.45) is 0 Å². The Morgan fingerprint density at radius 1 is 1.33 bits per heavy atom. The molecule has 0 radical (unpaired) electrons. The Morgan fingerprint density at radius 3 is 2.83 bits per heavy atom. The van der Waals surface area contributed by atoms with Gasteiger partial charge in [-0.2, -0.15) is 0 Å². The number of rotatable bonds is 3. The third kappa shape index (κ3) is 2.99. The zero-order valence-electron chi connectivity index (χ0n) is 9.43. The van der Waals surface area contributed by atoms with Gasteiger partial charge in [-0.1, -0.05) is 17.7 Å². The van der Waals surface area contributed by atoms with Gasteiger partial charge in [0.15, 0.2) is 0 Å². The molecule has 0 saturated carbocycles. The van der Waals surface area contributed by atoms with Gasteiger partial charge in [0.2, 0.25) is 0 Å². The van der Waals surface area contributed by atoms with Crippen LogP contribution in [0.2, 0.25) is 5.02 Å². The second-order valence-electron chi connectivity index (χ2n) is 3.67. The summed E-state index contributed by atoms with van der Waals surface area (Å²) in [7, 11) is 0. The van der Waals surface area contributed by atoms with E-state index in [1.54, 1.807) is 6.20 Å². The topological polar surface area (TPSA) is 62.2 Å². The molecule has 0 unspecified atom stereocenters. The summed E-state index contributed by atoms with van der Waals surface area (Å²) in [5, 5.41) is 12.1. The minimum Gasteiger partial charge on any atom is -0.506 e. The highest BCUT2D eigenvalue weighted by Gasteiger charge is 2.08. The lowest BCUT2D eigenvalue weighted by molar-refractivity contribution is 0.0950. The molecule has 1 heterocycles. The highest BCUT2D eigenvalue weighted by Crippen LogP contribution is 2.23. The monoisotopic (exact) mass is 262 g/mol. The molecule has 5 heteroatoms. The number of nitrogens with one attached hydrogen (secondary N) is 1. The van der Waals surface area contributed by atoms with Crippen LogP contribution in [0.4, 0.5) is 0 Å². The van der Waals surface area contributed by atoms with E-state index < -0.39 is 0 Å². The maximum atomic E-state index is 11.8. The first-order valence-electron chi connectivity index (χ1n) is 5.33. The first-order valence-corrected chi connectivity index (χ1v) is 5.71. The number of aromatic hydroxyl groups is 1. The molecule has 0 aliphatic rings. The maximum absolute atomic E-state index is 11.8. The molecule has 0 atom stereocenters. The molecule has 0 aliphatic heterocycles. The van der Waals surface area contributed by atoms with Gasteiger partial charge in [-0.05, 0) is 30.3 Å². The Balaban J connectivity index is 2.02. The van der Waals surface area contributed by atoms with Crippen LogP contribution in [0.3, 0.4) is 0 Å². The minimum atomic E-state index is -0.262. The van der Waals surface area contributed by atoms with Crippen molar-refractivity contribution in [3.63, 3.8) is 0 Å². The fraction of sp³-hybridized carbons (Fsp3) is 0.0769. The van der Waals surface area contributed by atoms with Crippen molar-refractivity contribution in [2.75, 3.05) is 0 Å². The number of amides is 1. The fourth-order valence-electron chi connectivity index (χ4n) is 1.42. The average molecular weight is 263 g/mol. The van der Waals surface area contributed by atoms with Crippen molar-refractivity contribution in [1.82, 2.24) is 10.3 Å². The van der Waals surface area contributed by atoms with Gasteiger partial charge in [-0.25, -0.2) is 0 Å². The zero-order valence-corrected chi connectivity index (χ0v) is 10.2. The van der Waals surface area contributed by atoms with Crippen LogP contribution in [0.1, 0.15) is 16.1 Å². The lowest BCUT2D eigenvalue weighted by atomic mass is 10.2. The Labute approximate surface area is 109 Å². The number of benzene rings is 1. The predicted octanol–water partition coefficient (Wildman–Crippen LogP) is 2.37. The molecular formula is C13H11ClN2O2. The van der Waals surface area contributed by atoms with Crippen LogP contribution in [0.15, 0.2) is 42.6 Å². The van der Waals surface area contributed by atoms with Crippen molar-refractivity contribution in [1.29, 1.82) is 0 Å². The molecule has 1 aromatic heterocycles.